The maximum absolute atomic E-state index is 11.3. The van der Waals surface area contributed by atoms with Gasteiger partial charge in [0.2, 0.25) is 0 Å². The molecule has 1 aromatic carbocycles. The smallest absolute Gasteiger partial charge is 0.171 e. The van der Waals surface area contributed by atoms with Crippen LogP contribution in [0.25, 0.3) is 6.08 Å². The second-order valence-electron chi connectivity index (χ2n) is 3.12. The zero-order chi connectivity index (χ0) is 9.31. The largest absolute Gasteiger partial charge is 0.224 e. The van der Waals surface area contributed by atoms with Crippen molar-refractivity contribution in [1.29, 1.82) is 0 Å². The Bertz CT molecular complexity index is 444. The third kappa shape index (κ3) is 1.80. The normalized spacial score (nSPS) is 19.1. The first-order chi connectivity index (χ1) is 6.17. The highest BCUT2D eigenvalue weighted by Crippen LogP contribution is 2.16. The summed E-state index contributed by atoms with van der Waals surface area (Å²) in [6.07, 6.45) is 2.29. The minimum absolute atomic E-state index is 0.223. The average Bonchev–Trinajstić information content (AvgIpc) is 2.27. The molecule has 0 bridgehead atoms. The molecule has 0 spiro atoms. The zero-order valence-corrected chi connectivity index (χ0v) is 7.92. The molecule has 0 fully saturated rings. The van der Waals surface area contributed by atoms with Crippen LogP contribution in [0.2, 0.25) is 0 Å². The predicted molar refractivity (Wildman–Crippen MR) is 53.0 cm³/mol. The summed E-state index contributed by atoms with van der Waals surface area (Å²) in [6.45, 7) is 0. The fraction of sp³-hybridized carbons (Fsp3) is 0.200. The SMILES string of the molecule is O=S1(=O)C=Cc2ccccc2CC1. The Morgan fingerprint density at radius 1 is 1.15 bits per heavy atom. The Balaban J connectivity index is 2.51. The first-order valence-corrected chi connectivity index (χ1v) is 5.88. The van der Waals surface area contributed by atoms with Crippen molar-refractivity contribution in [3.8, 4) is 0 Å². The van der Waals surface area contributed by atoms with Crippen molar-refractivity contribution >= 4 is 15.9 Å². The van der Waals surface area contributed by atoms with E-state index in [-0.39, 0.29) is 5.75 Å². The van der Waals surface area contributed by atoms with Crippen LogP contribution in [-0.4, -0.2) is 14.2 Å². The summed E-state index contributed by atoms with van der Waals surface area (Å²) in [4.78, 5) is 0. The monoisotopic (exact) mass is 194 g/mol. The summed E-state index contributed by atoms with van der Waals surface area (Å²) >= 11 is 0. The molecule has 2 rings (SSSR count). The van der Waals surface area contributed by atoms with Gasteiger partial charge in [0.1, 0.15) is 0 Å². The number of sulfone groups is 1. The molecule has 0 aliphatic carbocycles. The van der Waals surface area contributed by atoms with Gasteiger partial charge in [0, 0.05) is 5.41 Å². The number of hydrogen-bond donors (Lipinski definition) is 0. The molecular formula is C10H10O2S. The van der Waals surface area contributed by atoms with Gasteiger partial charge < -0.3 is 0 Å². The topological polar surface area (TPSA) is 34.1 Å². The van der Waals surface area contributed by atoms with E-state index in [2.05, 4.69) is 0 Å². The summed E-state index contributed by atoms with van der Waals surface area (Å²) in [5.41, 5.74) is 2.13. The van der Waals surface area contributed by atoms with Crippen molar-refractivity contribution in [1.82, 2.24) is 0 Å². The van der Waals surface area contributed by atoms with Crippen LogP contribution in [0.1, 0.15) is 11.1 Å². The second-order valence-corrected chi connectivity index (χ2v) is 5.12. The highest BCUT2D eigenvalue weighted by atomic mass is 32.2. The summed E-state index contributed by atoms with van der Waals surface area (Å²) in [5.74, 6) is 0.223. The molecule has 1 aliphatic heterocycles. The van der Waals surface area contributed by atoms with E-state index in [1.54, 1.807) is 6.08 Å². The van der Waals surface area contributed by atoms with E-state index in [9.17, 15) is 8.42 Å². The maximum atomic E-state index is 11.3. The van der Waals surface area contributed by atoms with Gasteiger partial charge in [-0.3, -0.25) is 0 Å². The Morgan fingerprint density at radius 2 is 1.92 bits per heavy atom. The van der Waals surface area contributed by atoms with Crippen molar-refractivity contribution < 1.29 is 8.42 Å². The van der Waals surface area contributed by atoms with Gasteiger partial charge in [-0.1, -0.05) is 24.3 Å². The molecule has 2 nitrogen and oxygen atoms in total. The third-order valence-corrected chi connectivity index (χ3v) is 3.49. The van der Waals surface area contributed by atoms with E-state index in [0.29, 0.717) is 6.42 Å². The van der Waals surface area contributed by atoms with Crippen molar-refractivity contribution in [2.75, 3.05) is 5.75 Å². The zero-order valence-electron chi connectivity index (χ0n) is 7.10. The van der Waals surface area contributed by atoms with Gasteiger partial charge in [0.05, 0.1) is 5.75 Å². The number of benzene rings is 1. The van der Waals surface area contributed by atoms with Crippen LogP contribution in [0, 0.1) is 0 Å². The quantitative estimate of drug-likeness (QED) is 0.629. The summed E-state index contributed by atoms with van der Waals surface area (Å²) < 4.78 is 22.5. The van der Waals surface area contributed by atoms with E-state index in [0.717, 1.165) is 11.1 Å². The molecule has 0 saturated heterocycles. The van der Waals surface area contributed by atoms with Crippen LogP contribution in [-0.2, 0) is 16.3 Å². The highest BCUT2D eigenvalue weighted by Gasteiger charge is 2.11. The summed E-state index contributed by atoms with van der Waals surface area (Å²) in [7, 11) is -2.97. The number of rotatable bonds is 0. The van der Waals surface area contributed by atoms with E-state index in [1.807, 2.05) is 24.3 Å². The van der Waals surface area contributed by atoms with Crippen molar-refractivity contribution in [2.24, 2.45) is 0 Å². The predicted octanol–water partition coefficient (Wildman–Crippen LogP) is 1.63. The van der Waals surface area contributed by atoms with Gasteiger partial charge in [0.25, 0.3) is 0 Å². The van der Waals surface area contributed by atoms with Crippen LogP contribution < -0.4 is 0 Å². The van der Waals surface area contributed by atoms with Gasteiger partial charge in [0.15, 0.2) is 9.84 Å². The van der Waals surface area contributed by atoms with Crippen LogP contribution in [0.4, 0.5) is 0 Å². The summed E-state index contributed by atoms with van der Waals surface area (Å²) in [6, 6.07) is 7.76. The molecule has 1 aliphatic rings. The van der Waals surface area contributed by atoms with Crippen LogP contribution in [0.3, 0.4) is 0 Å². The Labute approximate surface area is 77.8 Å². The van der Waals surface area contributed by atoms with E-state index < -0.39 is 9.84 Å². The lowest BCUT2D eigenvalue weighted by Gasteiger charge is -2.00. The maximum Gasteiger partial charge on any atom is 0.171 e. The van der Waals surface area contributed by atoms with Gasteiger partial charge in [-0.2, -0.15) is 0 Å². The van der Waals surface area contributed by atoms with Gasteiger partial charge in [-0.25, -0.2) is 8.42 Å². The molecule has 0 unspecified atom stereocenters. The first kappa shape index (κ1) is 8.51. The number of fused-ring (bicyclic) bond motifs is 1. The molecule has 0 saturated carbocycles. The Morgan fingerprint density at radius 3 is 2.77 bits per heavy atom. The molecule has 0 N–H and O–H groups in total. The molecule has 13 heavy (non-hydrogen) atoms. The molecule has 0 atom stereocenters. The van der Waals surface area contributed by atoms with Gasteiger partial charge in [-0.05, 0) is 23.6 Å². The minimum atomic E-state index is -2.97. The lowest BCUT2D eigenvalue weighted by molar-refractivity contribution is 0.604. The van der Waals surface area contributed by atoms with Crippen LogP contribution >= 0.6 is 0 Å². The van der Waals surface area contributed by atoms with E-state index in [4.69, 9.17) is 0 Å². The fourth-order valence-corrected chi connectivity index (χ4v) is 2.42. The minimum Gasteiger partial charge on any atom is -0.224 e. The third-order valence-electron chi connectivity index (χ3n) is 2.17. The number of hydrogen-bond acceptors (Lipinski definition) is 2. The Kier molecular flexibility index (Phi) is 1.96. The van der Waals surface area contributed by atoms with Crippen molar-refractivity contribution in [3.05, 3.63) is 40.8 Å². The van der Waals surface area contributed by atoms with Crippen LogP contribution in [0.15, 0.2) is 29.7 Å². The highest BCUT2D eigenvalue weighted by molar-refractivity contribution is 7.94. The molecular weight excluding hydrogens is 184 g/mol. The molecule has 0 amide bonds. The fourth-order valence-electron chi connectivity index (χ4n) is 1.42. The van der Waals surface area contributed by atoms with Gasteiger partial charge in [-0.15, -0.1) is 0 Å². The Hall–Kier alpha value is -1.09. The van der Waals surface area contributed by atoms with E-state index >= 15 is 0 Å². The molecule has 1 aromatic rings. The van der Waals surface area contributed by atoms with Gasteiger partial charge >= 0.3 is 0 Å². The first-order valence-electron chi connectivity index (χ1n) is 4.16. The van der Waals surface area contributed by atoms with Crippen LogP contribution in [0.5, 0.6) is 0 Å². The number of aryl methyl sites for hydroxylation is 1. The average molecular weight is 194 g/mol. The molecule has 0 radical (unpaired) electrons. The molecule has 3 heteroatoms. The standard InChI is InChI=1S/C10H10O2S/c11-13(12)7-5-9-3-1-2-4-10(9)6-8-13/h1-5,7H,6,8H2. The van der Waals surface area contributed by atoms with Crippen molar-refractivity contribution in [2.45, 2.75) is 6.42 Å². The summed E-state index contributed by atoms with van der Waals surface area (Å²) in [5, 5.41) is 1.30. The second kappa shape index (κ2) is 3.00. The molecule has 68 valence electrons. The molecule has 0 aromatic heterocycles. The van der Waals surface area contributed by atoms with E-state index in [1.165, 1.54) is 5.41 Å². The lowest BCUT2D eigenvalue weighted by atomic mass is 10.1. The van der Waals surface area contributed by atoms with Crippen molar-refractivity contribution in [3.63, 3.8) is 0 Å². The lowest BCUT2D eigenvalue weighted by Crippen LogP contribution is -2.03. The molecule has 1 heterocycles.